The quantitative estimate of drug-likeness (QED) is 0.166. The molecule has 1 atom stereocenters. The number of thiophene rings is 1. The molecule has 0 spiro atoms. The number of nitrogens with zero attached hydrogens (tertiary/aromatic N) is 2. The summed E-state index contributed by atoms with van der Waals surface area (Å²) in [6.07, 6.45) is 4.49. The Morgan fingerprint density at radius 2 is 1.84 bits per heavy atom. The van der Waals surface area contributed by atoms with Crippen LogP contribution in [0.2, 0.25) is 0 Å². The second-order valence-electron chi connectivity index (χ2n) is 8.31. The number of ether oxygens (including phenoxy) is 1. The molecule has 0 amide bonds. The topological polar surface area (TPSA) is 123 Å². The summed E-state index contributed by atoms with van der Waals surface area (Å²) in [5.41, 5.74) is -0.337. The van der Waals surface area contributed by atoms with E-state index in [9.17, 15) is 26.7 Å². The Bertz CT molecular complexity index is 1660. The summed E-state index contributed by atoms with van der Waals surface area (Å²) in [6.45, 7) is 1.16. The van der Waals surface area contributed by atoms with Crippen LogP contribution in [0.1, 0.15) is 18.4 Å². The fourth-order valence-electron chi connectivity index (χ4n) is 3.57. The molecule has 1 N–H and O–H groups in total. The zero-order valence-corrected chi connectivity index (χ0v) is 22.4. The molecule has 4 aromatic rings. The van der Waals surface area contributed by atoms with Crippen LogP contribution < -0.4 is 24.2 Å². The molecule has 0 saturated carbocycles. The number of pyridine rings is 1. The van der Waals surface area contributed by atoms with Crippen LogP contribution >= 0.6 is 18.7 Å². The number of hydrogen-bond donors (Lipinski definition) is 1. The molecular formula is C25H22F2N3O5PS2. The summed E-state index contributed by atoms with van der Waals surface area (Å²) in [7, 11) is -8.92. The number of unbranched alkanes of at least 4 members (excludes halogenated alkanes) is 1. The highest BCUT2D eigenvalue weighted by atomic mass is 32.2. The highest BCUT2D eigenvalue weighted by molar-refractivity contribution is 7.92. The van der Waals surface area contributed by atoms with Crippen LogP contribution in [-0.4, -0.2) is 21.3 Å². The van der Waals surface area contributed by atoms with Gasteiger partial charge in [-0.2, -0.15) is 5.26 Å². The molecule has 0 bridgehead atoms. The lowest BCUT2D eigenvalue weighted by molar-refractivity contribution is -0.697. The van der Waals surface area contributed by atoms with Gasteiger partial charge < -0.3 is 14.2 Å². The molecule has 38 heavy (non-hydrogen) atoms. The predicted octanol–water partition coefficient (Wildman–Crippen LogP) is 3.40. The minimum atomic E-state index is -4.59. The Morgan fingerprint density at radius 3 is 2.55 bits per heavy atom. The van der Waals surface area contributed by atoms with Crippen LogP contribution in [-0.2, 0) is 21.1 Å². The van der Waals surface area contributed by atoms with Crippen LogP contribution in [0, 0.1) is 23.0 Å². The van der Waals surface area contributed by atoms with Gasteiger partial charge in [-0.3, -0.25) is 0 Å². The molecule has 2 aromatic carbocycles. The summed E-state index contributed by atoms with van der Waals surface area (Å²) in [6, 6.07) is 13.9. The minimum absolute atomic E-state index is 0.0580. The van der Waals surface area contributed by atoms with Gasteiger partial charge in [0.2, 0.25) is 10.0 Å². The molecule has 0 fully saturated rings. The first-order valence-electron chi connectivity index (χ1n) is 11.4. The molecule has 0 aliphatic heterocycles. The number of nitriles is 1. The van der Waals surface area contributed by atoms with Gasteiger partial charge in [0.15, 0.2) is 12.4 Å². The summed E-state index contributed by atoms with van der Waals surface area (Å²) < 4.78 is 76.3. The maximum Gasteiger partial charge on any atom is 0.250 e. The van der Waals surface area contributed by atoms with Crippen molar-refractivity contribution in [3.8, 4) is 11.8 Å². The number of benzene rings is 2. The first-order chi connectivity index (χ1) is 18.1. The van der Waals surface area contributed by atoms with Crippen LogP contribution in [0.3, 0.4) is 0 Å². The lowest BCUT2D eigenvalue weighted by atomic mass is 10.2. The van der Waals surface area contributed by atoms with E-state index in [4.69, 9.17) is 10.00 Å². The molecule has 2 aromatic heterocycles. The number of nitrogens with one attached hydrogen (secondary N) is 1. The summed E-state index contributed by atoms with van der Waals surface area (Å²) >= 11 is 0.766. The molecule has 8 nitrogen and oxygen atoms in total. The van der Waals surface area contributed by atoms with E-state index < -0.39 is 40.6 Å². The second kappa shape index (κ2) is 11.7. The minimum Gasteiger partial charge on any atom is -0.795 e. The van der Waals surface area contributed by atoms with E-state index in [1.165, 1.54) is 12.1 Å². The van der Waals surface area contributed by atoms with Crippen molar-refractivity contribution in [3.05, 3.63) is 84.2 Å². The highest BCUT2D eigenvalue weighted by Gasteiger charge is 2.23. The monoisotopic (exact) mass is 577 g/mol. The third-order valence-corrected chi connectivity index (χ3v) is 10.4. The normalized spacial score (nSPS) is 13.2. The Balaban J connectivity index is 1.40. The number of aromatic nitrogens is 1. The standard InChI is InChI=1S/C25H22F2N3O5PS2/c26-22-14-20(7-6-18(22)16-28)36(31,32)17-29-38(33,34)25-15-21-23(27)12-19(13-24(21)37-25)35-11-5-4-10-30-8-2-1-3-9-30/h1-3,6-9,12-15,29H,4-5,10-11,17H2. The fourth-order valence-corrected chi connectivity index (χ4v) is 7.86. The van der Waals surface area contributed by atoms with Crippen LogP contribution in [0.5, 0.6) is 5.75 Å². The maximum atomic E-state index is 14.7. The van der Waals surface area contributed by atoms with E-state index in [1.54, 1.807) is 6.07 Å². The van der Waals surface area contributed by atoms with E-state index in [0.717, 1.165) is 48.9 Å². The molecule has 198 valence electrons. The predicted molar refractivity (Wildman–Crippen MR) is 137 cm³/mol. The van der Waals surface area contributed by atoms with Gasteiger partial charge in [-0.25, -0.2) is 26.5 Å². The zero-order valence-electron chi connectivity index (χ0n) is 19.8. The summed E-state index contributed by atoms with van der Waals surface area (Å²) in [5.74, 6) is -1.44. The van der Waals surface area contributed by atoms with Gasteiger partial charge >= 0.3 is 0 Å². The number of aryl methyl sites for hydroxylation is 1. The van der Waals surface area contributed by atoms with Crippen molar-refractivity contribution in [1.82, 2.24) is 4.72 Å². The van der Waals surface area contributed by atoms with Crippen molar-refractivity contribution in [2.75, 3.05) is 12.9 Å². The average molecular weight is 578 g/mol. The number of rotatable bonds is 11. The highest BCUT2D eigenvalue weighted by Crippen LogP contribution is 2.36. The van der Waals surface area contributed by atoms with E-state index >= 15 is 0 Å². The maximum absolute atomic E-state index is 14.7. The lowest BCUT2D eigenvalue weighted by Crippen LogP contribution is -2.32. The molecule has 13 heteroatoms. The second-order valence-corrected chi connectivity index (χ2v) is 13.6. The van der Waals surface area contributed by atoms with Crippen LogP contribution in [0.25, 0.3) is 10.1 Å². The van der Waals surface area contributed by atoms with E-state index in [2.05, 4.69) is 0 Å². The third kappa shape index (κ3) is 6.62. The Labute approximate surface area is 222 Å². The smallest absolute Gasteiger partial charge is 0.250 e. The summed E-state index contributed by atoms with van der Waals surface area (Å²) in [5, 5.41) is 8.39. The van der Waals surface area contributed by atoms with Crippen molar-refractivity contribution in [2.45, 2.75) is 23.6 Å². The number of hydrogen-bond acceptors (Lipinski definition) is 7. The van der Waals surface area contributed by atoms with Gasteiger partial charge in [-0.1, -0.05) is 12.1 Å². The molecule has 1 unspecified atom stereocenters. The molecule has 2 heterocycles. The van der Waals surface area contributed by atoms with Gasteiger partial charge in [0.05, 0.1) is 25.8 Å². The molecule has 0 radical (unpaired) electrons. The molecule has 0 aliphatic rings. The van der Waals surface area contributed by atoms with Crippen molar-refractivity contribution >= 4 is 44.1 Å². The van der Waals surface area contributed by atoms with Crippen LogP contribution in [0.15, 0.2) is 71.2 Å². The van der Waals surface area contributed by atoms with Crippen molar-refractivity contribution in [2.24, 2.45) is 0 Å². The van der Waals surface area contributed by atoms with E-state index in [1.807, 2.05) is 39.9 Å². The number of halogens is 2. The molecular weight excluding hydrogens is 555 g/mol. The van der Waals surface area contributed by atoms with Crippen molar-refractivity contribution < 1.29 is 36.0 Å². The SMILES string of the molecule is N#Cc1ccc(P(=O)([O-])CNS(=O)(=O)c2cc3c(F)cc(OCCCC[n+]4ccccc4)cc3s2)cc1F. The van der Waals surface area contributed by atoms with E-state index in [-0.39, 0.29) is 20.9 Å². The Kier molecular flexibility index (Phi) is 8.55. The van der Waals surface area contributed by atoms with E-state index in [0.29, 0.717) is 17.4 Å². The number of sulfonamides is 1. The largest absolute Gasteiger partial charge is 0.795 e. The van der Waals surface area contributed by atoms with Crippen molar-refractivity contribution in [3.63, 3.8) is 0 Å². The Morgan fingerprint density at radius 1 is 1.08 bits per heavy atom. The molecule has 0 saturated heterocycles. The summed E-state index contributed by atoms with van der Waals surface area (Å²) in [4.78, 5) is 12.5. The van der Waals surface area contributed by atoms with Gasteiger partial charge in [0.1, 0.15) is 34.2 Å². The van der Waals surface area contributed by atoms with Crippen LogP contribution in [0.4, 0.5) is 8.78 Å². The Hall–Kier alpha value is -3.20. The fraction of sp³-hybridized carbons (Fsp3) is 0.200. The number of fused-ring (bicyclic) bond motifs is 1. The third-order valence-electron chi connectivity index (χ3n) is 5.59. The first kappa shape index (κ1) is 27.8. The van der Waals surface area contributed by atoms with Gasteiger partial charge in [-0.15, -0.1) is 11.3 Å². The molecule has 4 rings (SSSR count). The van der Waals surface area contributed by atoms with Crippen molar-refractivity contribution in [1.29, 1.82) is 5.26 Å². The zero-order chi connectivity index (χ0) is 27.3. The van der Waals surface area contributed by atoms with Gasteiger partial charge in [0.25, 0.3) is 0 Å². The van der Waals surface area contributed by atoms with Gasteiger partial charge in [0, 0.05) is 40.0 Å². The molecule has 0 aliphatic carbocycles. The average Bonchev–Trinajstić information content (AvgIpc) is 3.34. The lowest BCUT2D eigenvalue weighted by Gasteiger charge is -2.24. The van der Waals surface area contributed by atoms with Gasteiger partial charge in [-0.05, 0) is 30.7 Å². The first-order valence-corrected chi connectivity index (χ1v) is 15.5.